The third-order valence-electron chi connectivity index (χ3n) is 3.81. The SMILES string of the molecule is CC(C)Cn1c(NCCCNC(=O)C(C)(C)C)nc2ccccc21. The number of para-hydroxylation sites is 2. The first kappa shape index (κ1) is 18.3. The first-order valence-corrected chi connectivity index (χ1v) is 8.76. The molecule has 2 rings (SSSR count). The van der Waals surface area contributed by atoms with Crippen LogP contribution in [0.2, 0.25) is 0 Å². The number of hydrogen-bond donors (Lipinski definition) is 2. The van der Waals surface area contributed by atoms with E-state index in [4.69, 9.17) is 4.98 Å². The molecule has 0 saturated heterocycles. The van der Waals surface area contributed by atoms with Crippen LogP contribution in [-0.2, 0) is 11.3 Å². The zero-order valence-electron chi connectivity index (χ0n) is 15.5. The van der Waals surface area contributed by atoms with Crippen LogP contribution in [-0.4, -0.2) is 28.5 Å². The maximum Gasteiger partial charge on any atom is 0.225 e. The molecule has 24 heavy (non-hydrogen) atoms. The topological polar surface area (TPSA) is 59.0 Å². The molecule has 0 atom stereocenters. The number of benzene rings is 1. The quantitative estimate of drug-likeness (QED) is 0.762. The summed E-state index contributed by atoms with van der Waals surface area (Å²) in [5.41, 5.74) is 1.84. The van der Waals surface area contributed by atoms with E-state index in [1.807, 2.05) is 39.0 Å². The molecule has 0 unspecified atom stereocenters. The number of fused-ring (bicyclic) bond motifs is 1. The highest BCUT2D eigenvalue weighted by atomic mass is 16.2. The van der Waals surface area contributed by atoms with Crippen molar-refractivity contribution in [2.45, 2.75) is 47.6 Å². The second-order valence-corrected chi connectivity index (χ2v) is 7.71. The highest BCUT2D eigenvalue weighted by Gasteiger charge is 2.20. The molecule has 2 aromatic rings. The van der Waals surface area contributed by atoms with Crippen LogP contribution in [0, 0.1) is 11.3 Å². The van der Waals surface area contributed by atoms with Gasteiger partial charge in [-0.3, -0.25) is 4.79 Å². The summed E-state index contributed by atoms with van der Waals surface area (Å²) in [5, 5.41) is 6.40. The number of nitrogens with zero attached hydrogens (tertiary/aromatic N) is 2. The van der Waals surface area contributed by atoms with Crippen LogP contribution in [0.3, 0.4) is 0 Å². The molecule has 0 fully saturated rings. The Morgan fingerprint density at radius 3 is 2.58 bits per heavy atom. The van der Waals surface area contributed by atoms with Gasteiger partial charge in [-0.1, -0.05) is 46.8 Å². The average Bonchev–Trinajstić information content (AvgIpc) is 2.83. The lowest BCUT2D eigenvalue weighted by atomic mass is 9.96. The predicted molar refractivity (Wildman–Crippen MR) is 100 cm³/mol. The average molecular weight is 330 g/mol. The van der Waals surface area contributed by atoms with Crippen molar-refractivity contribution in [3.8, 4) is 0 Å². The second-order valence-electron chi connectivity index (χ2n) is 7.71. The molecule has 0 radical (unpaired) electrons. The van der Waals surface area contributed by atoms with Gasteiger partial charge in [0, 0.05) is 25.0 Å². The van der Waals surface area contributed by atoms with E-state index >= 15 is 0 Å². The Kier molecular flexibility index (Phi) is 5.86. The number of hydrogen-bond acceptors (Lipinski definition) is 3. The summed E-state index contributed by atoms with van der Waals surface area (Å²) in [4.78, 5) is 16.5. The van der Waals surface area contributed by atoms with E-state index in [9.17, 15) is 4.79 Å². The van der Waals surface area contributed by atoms with Gasteiger partial charge >= 0.3 is 0 Å². The lowest BCUT2D eigenvalue weighted by Gasteiger charge is -2.17. The zero-order valence-corrected chi connectivity index (χ0v) is 15.5. The lowest BCUT2D eigenvalue weighted by molar-refractivity contribution is -0.128. The van der Waals surface area contributed by atoms with Gasteiger partial charge in [0.2, 0.25) is 11.9 Å². The fraction of sp³-hybridized carbons (Fsp3) is 0.579. The molecular weight excluding hydrogens is 300 g/mol. The van der Waals surface area contributed by atoms with Crippen molar-refractivity contribution < 1.29 is 4.79 Å². The molecule has 0 spiro atoms. The Hall–Kier alpha value is -2.04. The summed E-state index contributed by atoms with van der Waals surface area (Å²) in [6.45, 7) is 12.6. The van der Waals surface area contributed by atoms with Crippen molar-refractivity contribution in [3.63, 3.8) is 0 Å². The molecule has 2 N–H and O–H groups in total. The van der Waals surface area contributed by atoms with Crippen molar-refractivity contribution in [2.75, 3.05) is 18.4 Å². The third kappa shape index (κ3) is 4.73. The van der Waals surface area contributed by atoms with Crippen LogP contribution in [0.15, 0.2) is 24.3 Å². The van der Waals surface area contributed by atoms with Gasteiger partial charge in [0.05, 0.1) is 11.0 Å². The van der Waals surface area contributed by atoms with E-state index in [0.29, 0.717) is 12.5 Å². The van der Waals surface area contributed by atoms with Gasteiger partial charge in [0.1, 0.15) is 0 Å². The van der Waals surface area contributed by atoms with Crippen LogP contribution < -0.4 is 10.6 Å². The van der Waals surface area contributed by atoms with Gasteiger partial charge in [-0.05, 0) is 24.5 Å². The van der Waals surface area contributed by atoms with Crippen molar-refractivity contribution >= 4 is 22.9 Å². The fourth-order valence-electron chi connectivity index (χ4n) is 2.52. The molecule has 0 saturated carbocycles. The summed E-state index contributed by atoms with van der Waals surface area (Å²) in [6, 6.07) is 8.22. The Balaban J connectivity index is 1.94. The molecule has 0 aliphatic carbocycles. The maximum absolute atomic E-state index is 11.8. The standard InChI is InChI=1S/C19H30N4O/c1-14(2)13-23-16-10-7-6-9-15(16)22-18(23)21-12-8-11-20-17(24)19(3,4)5/h6-7,9-10,14H,8,11-13H2,1-5H3,(H,20,24)(H,21,22). The highest BCUT2D eigenvalue weighted by molar-refractivity contribution is 5.81. The van der Waals surface area contributed by atoms with Crippen molar-refractivity contribution in [3.05, 3.63) is 24.3 Å². The Morgan fingerprint density at radius 2 is 1.92 bits per heavy atom. The van der Waals surface area contributed by atoms with Crippen molar-refractivity contribution in [2.24, 2.45) is 11.3 Å². The second kappa shape index (κ2) is 7.69. The smallest absolute Gasteiger partial charge is 0.225 e. The number of carbonyl (C=O) groups excluding carboxylic acids is 1. The molecule has 5 nitrogen and oxygen atoms in total. The number of nitrogens with one attached hydrogen (secondary N) is 2. The molecule has 1 aromatic carbocycles. The van der Waals surface area contributed by atoms with Crippen LogP contribution in [0.5, 0.6) is 0 Å². The van der Waals surface area contributed by atoms with Crippen LogP contribution in [0.4, 0.5) is 5.95 Å². The minimum absolute atomic E-state index is 0.0922. The monoisotopic (exact) mass is 330 g/mol. The number of carbonyl (C=O) groups is 1. The first-order chi connectivity index (χ1) is 11.3. The Bertz CT molecular complexity index is 682. The van der Waals surface area contributed by atoms with E-state index < -0.39 is 0 Å². The largest absolute Gasteiger partial charge is 0.356 e. The molecule has 1 heterocycles. The van der Waals surface area contributed by atoms with Crippen molar-refractivity contribution in [1.29, 1.82) is 0 Å². The van der Waals surface area contributed by atoms with E-state index in [2.05, 4.69) is 35.1 Å². The zero-order chi connectivity index (χ0) is 17.7. The highest BCUT2D eigenvalue weighted by Crippen LogP contribution is 2.21. The fourth-order valence-corrected chi connectivity index (χ4v) is 2.52. The van der Waals surface area contributed by atoms with Gasteiger partial charge in [-0.2, -0.15) is 0 Å². The summed E-state index contributed by atoms with van der Waals surface area (Å²) in [7, 11) is 0. The number of rotatable bonds is 7. The van der Waals surface area contributed by atoms with Crippen LogP contribution >= 0.6 is 0 Å². The number of imidazole rings is 1. The molecule has 132 valence electrons. The molecule has 0 aliphatic heterocycles. The summed E-state index contributed by atoms with van der Waals surface area (Å²) in [5.74, 6) is 1.55. The van der Waals surface area contributed by atoms with Crippen LogP contribution in [0.1, 0.15) is 41.0 Å². The van der Waals surface area contributed by atoms with E-state index in [0.717, 1.165) is 36.5 Å². The summed E-state index contributed by atoms with van der Waals surface area (Å²) < 4.78 is 2.24. The van der Waals surface area contributed by atoms with E-state index in [1.54, 1.807) is 0 Å². The van der Waals surface area contributed by atoms with Gasteiger partial charge < -0.3 is 15.2 Å². The number of anilines is 1. The predicted octanol–water partition coefficient (Wildman–Crippen LogP) is 3.66. The molecule has 0 bridgehead atoms. The summed E-state index contributed by atoms with van der Waals surface area (Å²) >= 11 is 0. The normalized spacial score (nSPS) is 11.9. The minimum Gasteiger partial charge on any atom is -0.356 e. The Morgan fingerprint density at radius 1 is 1.21 bits per heavy atom. The molecular formula is C19H30N4O. The van der Waals surface area contributed by atoms with Gasteiger partial charge in [0.15, 0.2) is 0 Å². The molecule has 1 aromatic heterocycles. The minimum atomic E-state index is -0.335. The summed E-state index contributed by atoms with van der Waals surface area (Å²) in [6.07, 6.45) is 0.868. The maximum atomic E-state index is 11.8. The molecule has 5 heteroatoms. The van der Waals surface area contributed by atoms with Gasteiger partial charge in [-0.25, -0.2) is 4.98 Å². The number of amides is 1. The van der Waals surface area contributed by atoms with Gasteiger partial charge in [-0.15, -0.1) is 0 Å². The van der Waals surface area contributed by atoms with Crippen molar-refractivity contribution in [1.82, 2.24) is 14.9 Å². The molecule has 0 aliphatic rings. The number of aromatic nitrogens is 2. The lowest BCUT2D eigenvalue weighted by Crippen LogP contribution is -2.35. The Labute approximate surface area is 144 Å². The van der Waals surface area contributed by atoms with Crippen LogP contribution in [0.25, 0.3) is 11.0 Å². The van der Waals surface area contributed by atoms with E-state index in [-0.39, 0.29) is 11.3 Å². The van der Waals surface area contributed by atoms with Gasteiger partial charge in [0.25, 0.3) is 0 Å². The first-order valence-electron chi connectivity index (χ1n) is 8.76. The molecule has 1 amide bonds. The third-order valence-corrected chi connectivity index (χ3v) is 3.81. The van der Waals surface area contributed by atoms with E-state index in [1.165, 1.54) is 0 Å².